The van der Waals surface area contributed by atoms with Crippen LogP contribution in [-0.2, 0) is 9.47 Å². The third-order valence-corrected chi connectivity index (χ3v) is 4.92. The standard InChI is InChI=1S/C20H25N5O3/c26-20(17-13-23-19(14-21-17)22-12-15-4-3-9-28-15)24-16-5-1-2-6-18(16)25-7-10-27-11-8-25/h1-2,5-6,13-15H,3-4,7-12H2,(H,22,23)(H,24,26). The van der Waals surface area contributed by atoms with Gasteiger partial charge in [-0.25, -0.2) is 9.97 Å². The molecule has 4 rings (SSSR count). The minimum absolute atomic E-state index is 0.224. The van der Waals surface area contributed by atoms with E-state index in [0.717, 1.165) is 43.9 Å². The van der Waals surface area contributed by atoms with Crippen molar-refractivity contribution >= 4 is 23.1 Å². The van der Waals surface area contributed by atoms with Gasteiger partial charge in [0.2, 0.25) is 0 Å². The largest absolute Gasteiger partial charge is 0.378 e. The van der Waals surface area contributed by atoms with Crippen LogP contribution in [0.25, 0.3) is 0 Å². The number of hydrogen-bond donors (Lipinski definition) is 2. The molecule has 148 valence electrons. The van der Waals surface area contributed by atoms with Gasteiger partial charge in [0.1, 0.15) is 11.5 Å². The average Bonchev–Trinajstić information content (AvgIpc) is 3.27. The molecule has 0 aliphatic carbocycles. The van der Waals surface area contributed by atoms with Crippen molar-refractivity contribution in [1.29, 1.82) is 0 Å². The minimum atomic E-state index is -0.279. The molecule has 1 unspecified atom stereocenters. The number of amides is 1. The molecule has 2 aliphatic rings. The minimum Gasteiger partial charge on any atom is -0.378 e. The van der Waals surface area contributed by atoms with Crippen LogP contribution in [0, 0.1) is 0 Å². The fourth-order valence-electron chi connectivity index (χ4n) is 3.41. The number of nitrogens with one attached hydrogen (secondary N) is 2. The molecule has 0 radical (unpaired) electrons. The summed E-state index contributed by atoms with van der Waals surface area (Å²) in [6.45, 7) is 4.51. The first-order chi connectivity index (χ1) is 13.8. The summed E-state index contributed by atoms with van der Waals surface area (Å²) in [5.74, 6) is 0.361. The third-order valence-electron chi connectivity index (χ3n) is 4.92. The smallest absolute Gasteiger partial charge is 0.275 e. The summed E-state index contributed by atoms with van der Waals surface area (Å²) in [6, 6.07) is 7.77. The molecule has 2 fully saturated rings. The number of carbonyl (C=O) groups is 1. The third kappa shape index (κ3) is 4.58. The molecule has 8 nitrogen and oxygen atoms in total. The van der Waals surface area contributed by atoms with Gasteiger partial charge in [0.25, 0.3) is 5.91 Å². The van der Waals surface area contributed by atoms with Crippen LogP contribution in [-0.4, -0.2) is 61.4 Å². The van der Waals surface area contributed by atoms with Crippen LogP contribution in [0.5, 0.6) is 0 Å². The summed E-state index contributed by atoms with van der Waals surface area (Å²) in [4.78, 5) is 23.4. The van der Waals surface area contributed by atoms with Crippen molar-refractivity contribution in [2.45, 2.75) is 18.9 Å². The summed E-state index contributed by atoms with van der Waals surface area (Å²) >= 11 is 0. The van der Waals surface area contributed by atoms with E-state index < -0.39 is 0 Å². The van der Waals surface area contributed by atoms with E-state index in [1.54, 1.807) is 6.20 Å². The molecule has 0 spiro atoms. The molecule has 2 aromatic rings. The molecule has 0 bridgehead atoms. The van der Waals surface area contributed by atoms with E-state index in [1.165, 1.54) is 6.20 Å². The van der Waals surface area contributed by atoms with E-state index in [2.05, 4.69) is 25.5 Å². The first kappa shape index (κ1) is 18.6. The number of benzene rings is 1. The van der Waals surface area contributed by atoms with Crippen LogP contribution < -0.4 is 15.5 Å². The molecular formula is C20H25N5O3. The maximum atomic E-state index is 12.6. The Morgan fingerprint density at radius 2 is 2.00 bits per heavy atom. The van der Waals surface area contributed by atoms with Gasteiger partial charge < -0.3 is 25.0 Å². The number of hydrogen-bond acceptors (Lipinski definition) is 7. The van der Waals surface area contributed by atoms with E-state index in [0.29, 0.717) is 25.6 Å². The molecule has 1 aromatic carbocycles. The fraction of sp³-hybridized carbons (Fsp3) is 0.450. The van der Waals surface area contributed by atoms with Crippen molar-refractivity contribution in [3.05, 3.63) is 42.4 Å². The molecule has 2 N–H and O–H groups in total. The Bertz CT molecular complexity index is 787. The van der Waals surface area contributed by atoms with Crippen molar-refractivity contribution in [2.75, 3.05) is 55.0 Å². The van der Waals surface area contributed by atoms with Gasteiger partial charge in [-0.1, -0.05) is 12.1 Å². The van der Waals surface area contributed by atoms with Crippen LogP contribution in [0.4, 0.5) is 17.2 Å². The van der Waals surface area contributed by atoms with Crippen molar-refractivity contribution in [3.63, 3.8) is 0 Å². The van der Waals surface area contributed by atoms with Crippen molar-refractivity contribution < 1.29 is 14.3 Å². The monoisotopic (exact) mass is 383 g/mol. The first-order valence-corrected chi connectivity index (χ1v) is 9.70. The Labute approximate surface area is 164 Å². The zero-order chi connectivity index (χ0) is 19.2. The molecule has 0 saturated carbocycles. The number of morpholine rings is 1. The Morgan fingerprint density at radius 1 is 1.14 bits per heavy atom. The first-order valence-electron chi connectivity index (χ1n) is 9.70. The van der Waals surface area contributed by atoms with E-state index in [-0.39, 0.29) is 17.7 Å². The quantitative estimate of drug-likeness (QED) is 0.790. The second kappa shape index (κ2) is 8.99. The Balaban J connectivity index is 1.38. The fourth-order valence-corrected chi connectivity index (χ4v) is 3.41. The number of ether oxygens (including phenoxy) is 2. The van der Waals surface area contributed by atoms with Crippen LogP contribution >= 0.6 is 0 Å². The zero-order valence-electron chi connectivity index (χ0n) is 15.8. The highest BCUT2D eigenvalue weighted by molar-refractivity contribution is 6.04. The Kier molecular flexibility index (Phi) is 5.98. The summed E-state index contributed by atoms with van der Waals surface area (Å²) in [5, 5.41) is 6.16. The molecule has 1 atom stereocenters. The lowest BCUT2D eigenvalue weighted by Crippen LogP contribution is -2.36. The molecule has 3 heterocycles. The Hall–Kier alpha value is -2.71. The van der Waals surface area contributed by atoms with Gasteiger partial charge in [-0.05, 0) is 25.0 Å². The molecule has 1 amide bonds. The van der Waals surface area contributed by atoms with E-state index in [1.807, 2.05) is 24.3 Å². The van der Waals surface area contributed by atoms with Gasteiger partial charge in [0.15, 0.2) is 0 Å². The van der Waals surface area contributed by atoms with Gasteiger partial charge in [-0.15, -0.1) is 0 Å². The molecule has 1 aromatic heterocycles. The highest BCUT2D eigenvalue weighted by Crippen LogP contribution is 2.26. The molecule has 28 heavy (non-hydrogen) atoms. The summed E-state index contributed by atoms with van der Waals surface area (Å²) < 4.78 is 11.0. The van der Waals surface area contributed by atoms with Gasteiger partial charge in [0.05, 0.1) is 43.1 Å². The zero-order valence-corrected chi connectivity index (χ0v) is 15.8. The van der Waals surface area contributed by atoms with E-state index in [4.69, 9.17) is 9.47 Å². The number of aromatic nitrogens is 2. The van der Waals surface area contributed by atoms with Gasteiger partial charge in [-0.2, -0.15) is 0 Å². The predicted octanol–water partition coefficient (Wildman–Crippen LogP) is 2.16. The summed E-state index contributed by atoms with van der Waals surface area (Å²) in [6.07, 6.45) is 5.45. The highest BCUT2D eigenvalue weighted by Gasteiger charge is 2.18. The SMILES string of the molecule is O=C(Nc1ccccc1N1CCOCC1)c1cnc(NCC2CCCO2)cn1. The van der Waals surface area contributed by atoms with Crippen molar-refractivity contribution in [3.8, 4) is 0 Å². The number of anilines is 3. The summed E-state index contributed by atoms with van der Waals surface area (Å²) in [5.41, 5.74) is 2.03. The number of rotatable bonds is 6. The van der Waals surface area contributed by atoms with Gasteiger partial charge >= 0.3 is 0 Å². The maximum Gasteiger partial charge on any atom is 0.275 e. The van der Waals surface area contributed by atoms with Gasteiger partial charge in [0, 0.05) is 26.2 Å². The average molecular weight is 383 g/mol. The van der Waals surface area contributed by atoms with Crippen molar-refractivity contribution in [1.82, 2.24) is 9.97 Å². The van der Waals surface area contributed by atoms with Crippen LogP contribution in [0.15, 0.2) is 36.7 Å². The predicted molar refractivity (Wildman–Crippen MR) is 107 cm³/mol. The molecule has 2 aliphatic heterocycles. The second-order valence-electron chi connectivity index (χ2n) is 6.87. The number of carbonyl (C=O) groups excluding carboxylic acids is 1. The lowest BCUT2D eigenvalue weighted by Gasteiger charge is -2.30. The number of para-hydroxylation sites is 2. The molecular weight excluding hydrogens is 358 g/mol. The van der Waals surface area contributed by atoms with Crippen molar-refractivity contribution in [2.24, 2.45) is 0 Å². The lowest BCUT2D eigenvalue weighted by molar-refractivity contribution is 0.102. The van der Waals surface area contributed by atoms with Gasteiger partial charge in [-0.3, -0.25) is 4.79 Å². The lowest BCUT2D eigenvalue weighted by atomic mass is 10.2. The highest BCUT2D eigenvalue weighted by atomic mass is 16.5. The topological polar surface area (TPSA) is 88.6 Å². The summed E-state index contributed by atoms with van der Waals surface area (Å²) in [7, 11) is 0. The number of nitrogens with zero attached hydrogens (tertiary/aromatic N) is 3. The van der Waals surface area contributed by atoms with Crippen LogP contribution in [0.2, 0.25) is 0 Å². The van der Waals surface area contributed by atoms with E-state index in [9.17, 15) is 4.79 Å². The molecule has 8 heteroatoms. The van der Waals surface area contributed by atoms with Crippen LogP contribution in [0.1, 0.15) is 23.3 Å². The van der Waals surface area contributed by atoms with Crippen LogP contribution in [0.3, 0.4) is 0 Å². The van der Waals surface area contributed by atoms with E-state index >= 15 is 0 Å². The maximum absolute atomic E-state index is 12.6. The normalized spacial score (nSPS) is 19.4. The molecule has 2 saturated heterocycles. The Morgan fingerprint density at radius 3 is 2.75 bits per heavy atom. The second-order valence-corrected chi connectivity index (χ2v) is 6.87.